The van der Waals surface area contributed by atoms with Gasteiger partial charge in [-0.3, -0.25) is 9.59 Å². The minimum absolute atomic E-state index is 0.0600. The number of carbonyl (C=O) groups excluding carboxylic acids is 1. The summed E-state index contributed by atoms with van der Waals surface area (Å²) in [5.41, 5.74) is 1.20. The van der Waals surface area contributed by atoms with Crippen LogP contribution in [0.2, 0.25) is 0 Å². The van der Waals surface area contributed by atoms with Gasteiger partial charge >= 0.3 is 5.97 Å². The van der Waals surface area contributed by atoms with E-state index in [1.165, 1.54) is 5.56 Å². The molecule has 128 valence electrons. The van der Waals surface area contributed by atoms with Gasteiger partial charge in [0.2, 0.25) is 5.91 Å². The molecule has 1 aromatic rings. The van der Waals surface area contributed by atoms with E-state index >= 15 is 0 Å². The molecule has 2 N–H and O–H groups in total. The van der Waals surface area contributed by atoms with Crippen molar-refractivity contribution in [1.82, 2.24) is 5.32 Å². The summed E-state index contributed by atoms with van der Waals surface area (Å²) in [5.74, 6) is -0.170. The Morgan fingerprint density at radius 3 is 2.48 bits per heavy atom. The molecule has 0 aromatic heterocycles. The smallest absolute Gasteiger partial charge is 0.306 e. The van der Waals surface area contributed by atoms with Gasteiger partial charge in [-0.2, -0.15) is 0 Å². The molecule has 0 saturated carbocycles. The van der Waals surface area contributed by atoms with Crippen molar-refractivity contribution in [2.24, 2.45) is 5.92 Å². The van der Waals surface area contributed by atoms with Gasteiger partial charge in [0.15, 0.2) is 0 Å². The summed E-state index contributed by atoms with van der Waals surface area (Å²) in [6, 6.07) is 7.88. The Labute approximate surface area is 138 Å². The van der Waals surface area contributed by atoms with E-state index in [0.29, 0.717) is 19.4 Å². The first-order chi connectivity index (χ1) is 11.0. The lowest BCUT2D eigenvalue weighted by molar-refractivity contribution is -0.141. The number of nitrogens with one attached hydrogen (secondary N) is 1. The number of ether oxygens (including phenoxy) is 1. The molecule has 1 amide bonds. The number of carboxylic acid groups (broad SMARTS) is 1. The van der Waals surface area contributed by atoms with Crippen molar-refractivity contribution in [1.29, 1.82) is 0 Å². The Bertz CT molecular complexity index is 484. The third-order valence-corrected chi connectivity index (χ3v) is 3.84. The van der Waals surface area contributed by atoms with Crippen LogP contribution in [0.15, 0.2) is 24.3 Å². The van der Waals surface area contributed by atoms with Gasteiger partial charge in [-0.15, -0.1) is 0 Å². The SMILES string of the molecule is COc1ccc(CCCC(=O)NCCCCC(C)C(=O)O)cc1. The van der Waals surface area contributed by atoms with Gasteiger partial charge in [0.25, 0.3) is 0 Å². The number of benzene rings is 1. The Morgan fingerprint density at radius 1 is 1.17 bits per heavy atom. The number of unbranched alkanes of at least 4 members (excludes halogenated alkanes) is 1. The molecule has 0 aliphatic rings. The fourth-order valence-electron chi connectivity index (χ4n) is 2.26. The van der Waals surface area contributed by atoms with E-state index in [1.54, 1.807) is 14.0 Å². The van der Waals surface area contributed by atoms with E-state index in [4.69, 9.17) is 9.84 Å². The largest absolute Gasteiger partial charge is 0.497 e. The zero-order valence-corrected chi connectivity index (χ0v) is 14.0. The first-order valence-corrected chi connectivity index (χ1v) is 8.15. The molecule has 0 heterocycles. The molecule has 0 bridgehead atoms. The summed E-state index contributed by atoms with van der Waals surface area (Å²) < 4.78 is 5.11. The van der Waals surface area contributed by atoms with E-state index in [0.717, 1.165) is 31.4 Å². The Morgan fingerprint density at radius 2 is 1.87 bits per heavy atom. The van der Waals surface area contributed by atoms with Crippen molar-refractivity contribution in [3.05, 3.63) is 29.8 Å². The number of rotatable bonds is 11. The van der Waals surface area contributed by atoms with E-state index < -0.39 is 5.97 Å². The van der Waals surface area contributed by atoms with Crippen LogP contribution >= 0.6 is 0 Å². The number of carboxylic acids is 1. The lowest BCUT2D eigenvalue weighted by Gasteiger charge is -2.07. The maximum Gasteiger partial charge on any atom is 0.306 e. The fraction of sp³-hybridized carbons (Fsp3) is 0.556. The van der Waals surface area contributed by atoms with E-state index in [2.05, 4.69) is 5.32 Å². The summed E-state index contributed by atoms with van der Waals surface area (Å²) in [6.07, 6.45) is 4.49. The highest BCUT2D eigenvalue weighted by Crippen LogP contribution is 2.13. The van der Waals surface area contributed by atoms with Crippen LogP contribution in [0.3, 0.4) is 0 Å². The van der Waals surface area contributed by atoms with Gasteiger partial charge in [0, 0.05) is 13.0 Å². The molecule has 0 aliphatic heterocycles. The molecule has 0 fully saturated rings. The topological polar surface area (TPSA) is 75.6 Å². The van der Waals surface area contributed by atoms with Crippen LogP contribution < -0.4 is 10.1 Å². The number of hydrogen-bond acceptors (Lipinski definition) is 3. The quantitative estimate of drug-likeness (QED) is 0.614. The van der Waals surface area contributed by atoms with Crippen LogP contribution in [-0.2, 0) is 16.0 Å². The number of aryl methyl sites for hydroxylation is 1. The van der Waals surface area contributed by atoms with Gasteiger partial charge in [-0.05, 0) is 43.4 Å². The first kappa shape index (κ1) is 19.0. The maximum absolute atomic E-state index is 11.7. The maximum atomic E-state index is 11.7. The normalized spacial score (nSPS) is 11.7. The molecule has 23 heavy (non-hydrogen) atoms. The van der Waals surface area contributed by atoms with Crippen LogP contribution in [0, 0.1) is 5.92 Å². The minimum Gasteiger partial charge on any atom is -0.497 e. The van der Waals surface area contributed by atoms with Gasteiger partial charge in [-0.1, -0.05) is 25.5 Å². The van der Waals surface area contributed by atoms with Gasteiger partial charge < -0.3 is 15.2 Å². The summed E-state index contributed by atoms with van der Waals surface area (Å²) in [5, 5.41) is 11.7. The molecule has 1 aromatic carbocycles. The Hall–Kier alpha value is -2.04. The number of carbonyl (C=O) groups is 2. The van der Waals surface area contributed by atoms with E-state index in [9.17, 15) is 9.59 Å². The molecule has 1 atom stereocenters. The second kappa shape index (κ2) is 10.6. The molecule has 1 rings (SSSR count). The Kier molecular flexibility index (Phi) is 8.80. The second-order valence-corrected chi connectivity index (χ2v) is 5.79. The molecule has 5 nitrogen and oxygen atoms in total. The Balaban J connectivity index is 2.06. The second-order valence-electron chi connectivity index (χ2n) is 5.79. The summed E-state index contributed by atoms with van der Waals surface area (Å²) >= 11 is 0. The number of hydrogen-bond donors (Lipinski definition) is 2. The van der Waals surface area contributed by atoms with E-state index in [1.807, 2.05) is 24.3 Å². The average molecular weight is 321 g/mol. The molecule has 0 aliphatic carbocycles. The molecule has 0 saturated heterocycles. The highest BCUT2D eigenvalue weighted by molar-refractivity contribution is 5.75. The molecule has 1 unspecified atom stereocenters. The van der Waals surface area contributed by atoms with Gasteiger partial charge in [-0.25, -0.2) is 0 Å². The number of aliphatic carboxylic acids is 1. The predicted octanol–water partition coefficient (Wildman–Crippen LogP) is 3.03. The molecule has 0 spiro atoms. The molecule has 5 heteroatoms. The van der Waals surface area contributed by atoms with Crippen molar-refractivity contribution >= 4 is 11.9 Å². The van der Waals surface area contributed by atoms with Gasteiger partial charge in [0.1, 0.15) is 5.75 Å². The van der Waals surface area contributed by atoms with Crippen molar-refractivity contribution in [3.63, 3.8) is 0 Å². The van der Waals surface area contributed by atoms with Crippen molar-refractivity contribution in [2.45, 2.75) is 45.4 Å². The summed E-state index contributed by atoms with van der Waals surface area (Å²) in [4.78, 5) is 22.4. The molecular weight excluding hydrogens is 294 g/mol. The minimum atomic E-state index is -0.757. The predicted molar refractivity (Wildman–Crippen MR) is 89.6 cm³/mol. The number of amides is 1. The van der Waals surface area contributed by atoms with Crippen LogP contribution in [-0.4, -0.2) is 30.6 Å². The lowest BCUT2D eigenvalue weighted by Crippen LogP contribution is -2.24. The lowest BCUT2D eigenvalue weighted by atomic mass is 10.0. The van der Waals surface area contributed by atoms with Crippen molar-refractivity contribution < 1.29 is 19.4 Å². The highest BCUT2D eigenvalue weighted by atomic mass is 16.5. The van der Waals surface area contributed by atoms with Crippen molar-refractivity contribution in [2.75, 3.05) is 13.7 Å². The average Bonchev–Trinajstić information content (AvgIpc) is 2.54. The summed E-state index contributed by atoms with van der Waals surface area (Å²) in [7, 11) is 1.64. The summed E-state index contributed by atoms with van der Waals surface area (Å²) in [6.45, 7) is 2.33. The zero-order chi connectivity index (χ0) is 17.1. The van der Waals surface area contributed by atoms with Crippen LogP contribution in [0.25, 0.3) is 0 Å². The monoisotopic (exact) mass is 321 g/mol. The van der Waals surface area contributed by atoms with Gasteiger partial charge in [0.05, 0.1) is 13.0 Å². The first-order valence-electron chi connectivity index (χ1n) is 8.15. The van der Waals surface area contributed by atoms with Crippen LogP contribution in [0.1, 0.15) is 44.6 Å². The zero-order valence-electron chi connectivity index (χ0n) is 14.0. The molecule has 0 radical (unpaired) electrons. The highest BCUT2D eigenvalue weighted by Gasteiger charge is 2.09. The number of methoxy groups -OCH3 is 1. The molecular formula is C18H27NO4. The van der Waals surface area contributed by atoms with E-state index in [-0.39, 0.29) is 11.8 Å². The van der Waals surface area contributed by atoms with Crippen LogP contribution in [0.5, 0.6) is 5.75 Å². The third-order valence-electron chi connectivity index (χ3n) is 3.84. The fourth-order valence-corrected chi connectivity index (χ4v) is 2.26. The third kappa shape index (κ3) is 8.24. The standard InChI is InChI=1S/C18H27NO4/c1-14(18(21)22)6-3-4-13-19-17(20)8-5-7-15-9-11-16(23-2)12-10-15/h9-12,14H,3-8,13H2,1-2H3,(H,19,20)(H,21,22). The van der Waals surface area contributed by atoms with Crippen molar-refractivity contribution in [3.8, 4) is 5.75 Å². The van der Waals surface area contributed by atoms with Crippen LogP contribution in [0.4, 0.5) is 0 Å².